The molecule has 7 rings (SSSR count). The van der Waals surface area contributed by atoms with Gasteiger partial charge in [0.25, 0.3) is 0 Å². The summed E-state index contributed by atoms with van der Waals surface area (Å²) in [4.78, 5) is 25.2. The summed E-state index contributed by atoms with van der Waals surface area (Å²) in [6.07, 6.45) is -1.24. The fraction of sp³-hybridized carbons (Fsp3) is 0.485. The van der Waals surface area contributed by atoms with Crippen LogP contribution in [0.1, 0.15) is 29.5 Å². The van der Waals surface area contributed by atoms with Crippen molar-refractivity contribution in [2.75, 3.05) is 50.0 Å². The Kier molecular flexibility index (Phi) is 8.14. The van der Waals surface area contributed by atoms with Gasteiger partial charge in [-0.1, -0.05) is 12.1 Å². The van der Waals surface area contributed by atoms with Crippen LogP contribution in [-0.2, 0) is 29.0 Å². The number of benzene rings is 2. The monoisotopic (exact) mass is 639 g/mol. The lowest BCUT2D eigenvalue weighted by atomic mass is 9.88. The van der Waals surface area contributed by atoms with Crippen molar-refractivity contribution in [2.45, 2.75) is 44.8 Å². The third-order valence-electron chi connectivity index (χ3n) is 9.66. The van der Waals surface area contributed by atoms with Crippen molar-refractivity contribution in [1.29, 1.82) is 0 Å². The number of carboxylic acids is 1. The molecule has 2 aromatic carbocycles. The topological polar surface area (TPSA) is 123 Å². The molecule has 1 aliphatic heterocycles. The minimum atomic E-state index is -4.73. The molecular weight excluding hydrogens is 603 g/mol. The number of nitrogens with zero attached hydrogens (tertiary/aromatic N) is 4. The van der Waals surface area contributed by atoms with Gasteiger partial charge < -0.3 is 30.0 Å². The molecule has 244 valence electrons. The van der Waals surface area contributed by atoms with Gasteiger partial charge in [-0.3, -0.25) is 9.69 Å². The molecule has 0 spiro atoms. The Morgan fingerprint density at radius 2 is 1.70 bits per heavy atom. The summed E-state index contributed by atoms with van der Waals surface area (Å²) in [6, 6.07) is 11.5. The van der Waals surface area contributed by atoms with E-state index in [9.17, 15) is 23.1 Å². The van der Waals surface area contributed by atoms with E-state index in [-0.39, 0.29) is 30.3 Å². The molecule has 1 aromatic heterocycles. The highest BCUT2D eigenvalue weighted by atomic mass is 19.4. The van der Waals surface area contributed by atoms with Crippen molar-refractivity contribution in [3.63, 3.8) is 0 Å². The van der Waals surface area contributed by atoms with Crippen molar-refractivity contribution in [3.05, 3.63) is 59.2 Å². The summed E-state index contributed by atoms with van der Waals surface area (Å²) in [5.74, 6) is 1.32. The minimum Gasteiger partial charge on any atom is -0.489 e. The summed E-state index contributed by atoms with van der Waals surface area (Å²) >= 11 is 0. The van der Waals surface area contributed by atoms with Crippen LogP contribution in [0.3, 0.4) is 0 Å². The van der Waals surface area contributed by atoms with Crippen LogP contribution in [0.5, 0.6) is 11.5 Å². The number of piperazine rings is 1. The van der Waals surface area contributed by atoms with Gasteiger partial charge in [-0.25, -0.2) is 4.98 Å². The number of aryl methyl sites for hydroxylation is 1. The van der Waals surface area contributed by atoms with Crippen molar-refractivity contribution in [2.24, 2.45) is 17.8 Å². The molecule has 10 nitrogen and oxygen atoms in total. The zero-order valence-corrected chi connectivity index (χ0v) is 25.2. The first-order chi connectivity index (χ1) is 22.1. The van der Waals surface area contributed by atoms with E-state index in [4.69, 9.17) is 15.2 Å². The number of aliphatic carboxylic acids is 1. The first-order valence-corrected chi connectivity index (χ1v) is 15.7. The second kappa shape index (κ2) is 12.3. The highest BCUT2D eigenvalue weighted by Gasteiger charge is 2.60. The smallest absolute Gasteiger partial charge is 0.489 e. The van der Waals surface area contributed by atoms with Crippen molar-refractivity contribution in [3.8, 4) is 22.8 Å². The number of nitrogens with two attached hydrogens (primary N) is 1. The molecule has 0 unspecified atom stereocenters. The third-order valence-corrected chi connectivity index (χ3v) is 9.66. The molecule has 3 aliphatic carbocycles. The molecule has 0 bridgehead atoms. The Morgan fingerprint density at radius 3 is 2.39 bits per heavy atom. The van der Waals surface area contributed by atoms with E-state index in [1.165, 1.54) is 12.1 Å². The highest BCUT2D eigenvalue weighted by molar-refractivity contribution is 5.76. The number of aromatic nitrogens is 2. The molecule has 3 aromatic rings. The number of fused-ring (bicyclic) bond motifs is 4. The second-order valence-corrected chi connectivity index (χ2v) is 12.5. The first kappa shape index (κ1) is 30.5. The van der Waals surface area contributed by atoms with Crippen molar-refractivity contribution >= 4 is 17.7 Å². The maximum atomic E-state index is 12.4. The Balaban J connectivity index is 0.932. The van der Waals surface area contributed by atoms with E-state index >= 15 is 0 Å². The predicted molar refractivity (Wildman–Crippen MR) is 162 cm³/mol. The van der Waals surface area contributed by atoms with Crippen LogP contribution in [0.15, 0.2) is 42.5 Å². The van der Waals surface area contributed by atoms with E-state index in [0.29, 0.717) is 24.2 Å². The van der Waals surface area contributed by atoms with Crippen LogP contribution in [0.4, 0.5) is 24.9 Å². The SMILES string of the molecule is Nc1nc2c(c(N3CCN(CCO[C@@H]4C[C@@H]5[C@H](C4)[C@@H]5C(=O)O)CC3)n1)CCc1cc(OCc3ccc(OC(F)(F)F)cc3)ccc1-2. The third kappa shape index (κ3) is 6.57. The maximum absolute atomic E-state index is 12.4. The summed E-state index contributed by atoms with van der Waals surface area (Å²) < 4.78 is 53.3. The van der Waals surface area contributed by atoms with E-state index in [0.717, 1.165) is 92.2 Å². The Labute approximate surface area is 264 Å². The number of alkyl halides is 3. The van der Waals surface area contributed by atoms with Crippen molar-refractivity contribution < 1.29 is 37.3 Å². The fourth-order valence-electron chi connectivity index (χ4n) is 7.34. The van der Waals surface area contributed by atoms with Gasteiger partial charge in [0.15, 0.2) is 0 Å². The first-order valence-electron chi connectivity index (χ1n) is 15.7. The molecule has 13 heteroatoms. The van der Waals surface area contributed by atoms with Gasteiger partial charge in [0.2, 0.25) is 5.95 Å². The number of ether oxygens (including phenoxy) is 3. The molecule has 3 fully saturated rings. The van der Waals surface area contributed by atoms with Gasteiger partial charge in [0, 0.05) is 43.9 Å². The molecule has 2 heterocycles. The molecule has 4 atom stereocenters. The summed E-state index contributed by atoms with van der Waals surface area (Å²) in [6.45, 7) is 5.11. The number of hydrogen-bond acceptors (Lipinski definition) is 9. The Hall–Kier alpha value is -4.10. The number of carbonyl (C=O) groups is 1. The van der Waals surface area contributed by atoms with Gasteiger partial charge in [-0.2, -0.15) is 4.98 Å². The standard InChI is InChI=1S/C33H36F3N5O5/c34-33(35,36)46-21-4-1-19(2-5-21)18-45-22-6-8-24-20(15-22)3-7-25-29(24)38-32(37)39-30(25)41-11-9-40(10-12-41)13-14-44-23-16-26-27(17-23)28(26)31(42)43/h1-2,4-6,8,15,23,26-28H,3,7,9-14,16-18H2,(H,42,43)(H2,37,38,39)/t23-,26-,27+,28-. The van der Waals surface area contributed by atoms with E-state index in [2.05, 4.69) is 24.5 Å². The normalized spacial score (nSPS) is 23.8. The van der Waals surface area contributed by atoms with Crippen LogP contribution in [-0.4, -0.2) is 77.7 Å². The lowest BCUT2D eigenvalue weighted by molar-refractivity contribution is -0.274. The number of rotatable bonds is 10. The number of nitrogen functional groups attached to an aromatic ring is 1. The molecule has 4 aliphatic rings. The molecule has 3 N–H and O–H groups in total. The van der Waals surface area contributed by atoms with Gasteiger partial charge >= 0.3 is 12.3 Å². The van der Waals surface area contributed by atoms with Crippen LogP contribution < -0.4 is 20.1 Å². The zero-order chi connectivity index (χ0) is 32.0. The van der Waals surface area contributed by atoms with E-state index in [1.807, 2.05) is 18.2 Å². The number of carboxylic acid groups (broad SMARTS) is 1. The molecular formula is C33H36F3N5O5. The van der Waals surface area contributed by atoms with Crippen molar-refractivity contribution in [1.82, 2.24) is 14.9 Å². The van der Waals surface area contributed by atoms with E-state index in [1.54, 1.807) is 12.1 Å². The molecule has 0 amide bonds. The fourth-order valence-corrected chi connectivity index (χ4v) is 7.34. The predicted octanol–water partition coefficient (Wildman–Crippen LogP) is 4.55. The molecule has 46 heavy (non-hydrogen) atoms. The highest BCUT2D eigenvalue weighted by Crippen LogP contribution is 2.58. The largest absolute Gasteiger partial charge is 0.573 e. The quantitative estimate of drug-likeness (QED) is 0.327. The minimum absolute atomic E-state index is 0.146. The average Bonchev–Trinajstić information content (AvgIpc) is 3.55. The lowest BCUT2D eigenvalue weighted by Crippen LogP contribution is -2.48. The van der Waals surface area contributed by atoms with Crippen LogP contribution in [0.25, 0.3) is 11.3 Å². The number of hydrogen-bond donors (Lipinski definition) is 2. The summed E-state index contributed by atoms with van der Waals surface area (Å²) in [5, 5.41) is 9.21. The van der Waals surface area contributed by atoms with Crippen LogP contribution in [0, 0.1) is 17.8 Å². The van der Waals surface area contributed by atoms with Gasteiger partial charge in [-0.05, 0) is 79.0 Å². The molecule has 2 saturated carbocycles. The van der Waals surface area contributed by atoms with Crippen LogP contribution >= 0.6 is 0 Å². The number of halogens is 3. The van der Waals surface area contributed by atoms with Gasteiger partial charge in [-0.15, -0.1) is 13.2 Å². The van der Waals surface area contributed by atoms with Crippen LogP contribution in [0.2, 0.25) is 0 Å². The Morgan fingerprint density at radius 1 is 0.978 bits per heavy atom. The van der Waals surface area contributed by atoms with E-state index < -0.39 is 12.3 Å². The Bertz CT molecular complexity index is 1580. The zero-order valence-electron chi connectivity index (χ0n) is 25.2. The summed E-state index contributed by atoms with van der Waals surface area (Å²) in [5.41, 5.74) is 10.9. The van der Waals surface area contributed by atoms with Gasteiger partial charge in [0.1, 0.15) is 23.9 Å². The maximum Gasteiger partial charge on any atom is 0.573 e. The molecule has 0 radical (unpaired) electrons. The van der Waals surface area contributed by atoms with Gasteiger partial charge in [0.05, 0.1) is 24.3 Å². The number of anilines is 2. The molecule has 1 saturated heterocycles. The second-order valence-electron chi connectivity index (χ2n) is 12.5. The average molecular weight is 640 g/mol. The lowest BCUT2D eigenvalue weighted by Gasteiger charge is -2.37. The summed E-state index contributed by atoms with van der Waals surface area (Å²) in [7, 11) is 0.